The van der Waals surface area contributed by atoms with E-state index in [1.165, 1.54) is 4.90 Å². The van der Waals surface area contributed by atoms with Crippen molar-refractivity contribution in [1.29, 1.82) is 0 Å². The molecule has 4 amide bonds. The first-order chi connectivity index (χ1) is 20.8. The van der Waals surface area contributed by atoms with E-state index in [-0.39, 0.29) is 38.1 Å². The molecular weight excluding hydrogens is 624 g/mol. The second-order valence-corrected chi connectivity index (χ2v) is 15.5. The molecular formula is C29H41F4N4O7S. The number of alkyl halides is 4. The molecule has 1 radical (unpaired) electrons. The number of fused-ring (bicyclic) bond motifs is 2. The minimum atomic E-state index is -4.87. The third-order valence-electron chi connectivity index (χ3n) is 9.40. The highest BCUT2D eigenvalue weighted by atomic mass is 32.2. The molecule has 0 aromatic heterocycles. The number of ether oxygens (including phenoxy) is 1. The summed E-state index contributed by atoms with van der Waals surface area (Å²) in [5.41, 5.74) is -4.48. The Hall–Kier alpha value is -2.91. The molecule has 6 atom stereocenters. The predicted octanol–water partition coefficient (Wildman–Crippen LogP) is 3.06. The molecule has 0 aromatic rings. The van der Waals surface area contributed by atoms with Crippen molar-refractivity contribution in [2.45, 2.75) is 107 Å². The molecule has 1 saturated heterocycles. The molecule has 2 aliphatic carbocycles. The van der Waals surface area contributed by atoms with Gasteiger partial charge >= 0.3 is 12.3 Å². The van der Waals surface area contributed by atoms with Gasteiger partial charge in [-0.2, -0.15) is 13.2 Å². The third-order valence-corrected chi connectivity index (χ3v) is 11.5. The average Bonchev–Trinajstić information content (AvgIpc) is 3.82. The van der Waals surface area contributed by atoms with Gasteiger partial charge in [0.05, 0.1) is 0 Å². The topological polar surface area (TPSA) is 151 Å². The largest absolute Gasteiger partial charge is 0.434 e. The maximum absolute atomic E-state index is 13.9. The van der Waals surface area contributed by atoms with E-state index in [0.29, 0.717) is 33.1 Å². The normalized spacial score (nSPS) is 33.0. The van der Waals surface area contributed by atoms with Crippen LogP contribution in [0.25, 0.3) is 0 Å². The number of sulfonamides is 1. The van der Waals surface area contributed by atoms with Gasteiger partial charge in [-0.1, -0.05) is 26.0 Å². The van der Waals surface area contributed by atoms with E-state index in [9.17, 15) is 45.2 Å². The zero-order valence-electron chi connectivity index (χ0n) is 25.7. The average molecular weight is 666 g/mol. The molecule has 0 aromatic carbocycles. The fourth-order valence-corrected chi connectivity index (χ4v) is 7.37. The first-order valence-electron chi connectivity index (χ1n) is 15.1. The van der Waals surface area contributed by atoms with Crippen molar-refractivity contribution in [1.82, 2.24) is 20.3 Å². The van der Waals surface area contributed by atoms with E-state index in [1.807, 2.05) is 17.7 Å². The number of rotatable bonds is 6. The molecule has 0 bridgehead atoms. The standard InChI is InChI=1S/C29H41F4N4O7S/c1-17-8-5-6-9-19-15-28(19,24(40)36-45(42,43)27(16-30)11-12-27)35-22(38)20-10-7-13-37(20)23(39)21(18(2)14-17)34-25(41)44-26(3,4)29(31,32)33/h6-7,9,17-21H,5,8,10-16H2,1-4H3,(H,34,41)(H,35,38)(H,36,40)/b9-6-/t17-,18+,19+,20-,21-,28+/m0/s1. The lowest BCUT2D eigenvalue weighted by Gasteiger charge is -2.34. The molecule has 0 spiro atoms. The summed E-state index contributed by atoms with van der Waals surface area (Å²) < 4.78 is 84.3. The second kappa shape index (κ2) is 12.4. The zero-order valence-corrected chi connectivity index (χ0v) is 26.5. The Kier molecular flexibility index (Phi) is 9.60. The second-order valence-electron chi connectivity index (χ2n) is 13.4. The molecule has 4 rings (SSSR count). The van der Waals surface area contributed by atoms with Crippen LogP contribution in [-0.2, 0) is 29.1 Å². The minimum Gasteiger partial charge on any atom is -0.434 e. The van der Waals surface area contributed by atoms with Crippen LogP contribution in [-0.4, -0.2) is 84.5 Å². The first kappa shape index (κ1) is 35.0. The summed E-state index contributed by atoms with van der Waals surface area (Å²) in [7, 11) is -4.37. The van der Waals surface area contributed by atoms with Crippen LogP contribution in [0.5, 0.6) is 0 Å². The van der Waals surface area contributed by atoms with Gasteiger partial charge < -0.3 is 20.3 Å². The van der Waals surface area contributed by atoms with Crippen LogP contribution >= 0.6 is 0 Å². The smallest absolute Gasteiger partial charge is 0.427 e. The van der Waals surface area contributed by atoms with Crippen LogP contribution < -0.4 is 15.4 Å². The van der Waals surface area contributed by atoms with Crippen LogP contribution in [0.2, 0.25) is 0 Å². The highest BCUT2D eigenvalue weighted by molar-refractivity contribution is 7.91. The van der Waals surface area contributed by atoms with E-state index >= 15 is 0 Å². The van der Waals surface area contributed by atoms with E-state index in [1.54, 1.807) is 19.4 Å². The minimum absolute atomic E-state index is 0.00282. The summed E-state index contributed by atoms with van der Waals surface area (Å²) in [6.45, 7) is 3.80. The van der Waals surface area contributed by atoms with Crippen molar-refractivity contribution in [3.8, 4) is 0 Å². The summed E-state index contributed by atoms with van der Waals surface area (Å²) in [6, 6.07) is -2.48. The molecule has 16 heteroatoms. The summed E-state index contributed by atoms with van der Waals surface area (Å²) >= 11 is 0. The van der Waals surface area contributed by atoms with E-state index < -0.39 is 86.5 Å². The number of hydrogen-bond acceptors (Lipinski definition) is 7. The number of nitrogens with zero attached hydrogens (tertiary/aromatic N) is 1. The summed E-state index contributed by atoms with van der Waals surface area (Å²) in [4.78, 5) is 54.8. The number of hydrogen-bond donors (Lipinski definition) is 3. The fraction of sp³-hybridized carbons (Fsp3) is 0.759. The van der Waals surface area contributed by atoms with Crippen LogP contribution in [0.3, 0.4) is 0 Å². The maximum atomic E-state index is 13.9. The molecule has 11 nitrogen and oxygen atoms in total. The van der Waals surface area contributed by atoms with Crippen LogP contribution in [0.15, 0.2) is 12.2 Å². The Morgan fingerprint density at radius 2 is 1.84 bits per heavy atom. The van der Waals surface area contributed by atoms with Gasteiger partial charge in [-0.25, -0.2) is 17.6 Å². The lowest BCUT2D eigenvalue weighted by atomic mass is 9.88. The number of halogens is 4. The van der Waals surface area contributed by atoms with Crippen molar-refractivity contribution in [2.75, 3.05) is 13.2 Å². The monoisotopic (exact) mass is 665 g/mol. The van der Waals surface area contributed by atoms with Gasteiger partial charge in [0.15, 0.2) is 0 Å². The number of carbonyl (C=O) groups is 4. The number of allylic oxidation sites excluding steroid dienone is 1. The third kappa shape index (κ3) is 7.09. The highest BCUT2D eigenvalue weighted by Gasteiger charge is 2.64. The van der Waals surface area contributed by atoms with Crippen LogP contribution in [0.1, 0.15) is 72.6 Å². The predicted molar refractivity (Wildman–Crippen MR) is 153 cm³/mol. The Morgan fingerprint density at radius 1 is 1.18 bits per heavy atom. The number of nitrogens with one attached hydrogen (secondary N) is 3. The summed E-state index contributed by atoms with van der Waals surface area (Å²) in [5.74, 6) is -3.57. The SMILES string of the molecule is C[C@H]1CC/C=C\[C@@H]2C[C@@]2(C(=O)NS(=O)(=O)C2(CF)CC2)NC(=O)[C@@H]2C[CH]CN2C(=O)[C@@H](NC(=O)OC(C)(C)C(F)(F)F)[C@H](C)C1. The van der Waals surface area contributed by atoms with Crippen molar-refractivity contribution >= 4 is 33.8 Å². The fourth-order valence-electron chi connectivity index (χ4n) is 5.94. The van der Waals surface area contributed by atoms with Gasteiger partial charge in [-0.3, -0.25) is 19.1 Å². The Labute approximate surface area is 260 Å². The summed E-state index contributed by atoms with van der Waals surface area (Å²) in [6.07, 6.45) is 0.734. The van der Waals surface area contributed by atoms with Crippen molar-refractivity contribution in [3.63, 3.8) is 0 Å². The zero-order chi connectivity index (χ0) is 33.6. The summed E-state index contributed by atoms with van der Waals surface area (Å²) in [5, 5.41) is 4.96. The van der Waals surface area contributed by atoms with Crippen molar-refractivity contribution in [3.05, 3.63) is 18.6 Å². The molecule has 2 saturated carbocycles. The number of alkyl carbamates (subject to hydrolysis) is 1. The molecule has 0 unspecified atom stereocenters. The van der Waals surface area contributed by atoms with E-state index in [0.717, 1.165) is 0 Å². The molecule has 2 aliphatic heterocycles. The Morgan fingerprint density at radius 3 is 2.44 bits per heavy atom. The van der Waals surface area contributed by atoms with E-state index in [4.69, 9.17) is 0 Å². The Balaban J connectivity index is 1.60. The lowest BCUT2D eigenvalue weighted by Crippen LogP contribution is -2.60. The van der Waals surface area contributed by atoms with Crippen LogP contribution in [0, 0.1) is 24.2 Å². The first-order valence-corrected chi connectivity index (χ1v) is 16.6. The van der Waals surface area contributed by atoms with E-state index in [2.05, 4.69) is 15.4 Å². The molecule has 4 aliphatic rings. The molecule has 2 heterocycles. The molecule has 3 fully saturated rings. The van der Waals surface area contributed by atoms with Gasteiger partial charge in [0.2, 0.25) is 27.4 Å². The Bertz CT molecular complexity index is 1330. The van der Waals surface area contributed by atoms with Crippen molar-refractivity contribution < 1.29 is 49.9 Å². The van der Waals surface area contributed by atoms with Gasteiger partial charge in [0.25, 0.3) is 5.91 Å². The van der Waals surface area contributed by atoms with Crippen molar-refractivity contribution in [2.24, 2.45) is 17.8 Å². The molecule has 45 heavy (non-hydrogen) atoms. The van der Waals surface area contributed by atoms with Gasteiger partial charge in [0.1, 0.15) is 29.0 Å². The highest BCUT2D eigenvalue weighted by Crippen LogP contribution is 2.48. The maximum Gasteiger partial charge on any atom is 0.427 e. The van der Waals surface area contributed by atoms with Gasteiger partial charge in [-0.05, 0) is 77.0 Å². The number of carbonyl (C=O) groups excluding carboxylic acids is 4. The molecule has 253 valence electrons. The number of amides is 4. The van der Waals surface area contributed by atoms with Gasteiger partial charge in [0, 0.05) is 12.5 Å². The quantitative estimate of drug-likeness (QED) is 0.292. The molecule has 3 N–H and O–H groups in total. The lowest BCUT2D eigenvalue weighted by molar-refractivity contribution is -0.244. The van der Waals surface area contributed by atoms with Gasteiger partial charge in [-0.15, -0.1) is 0 Å². The van der Waals surface area contributed by atoms with Crippen LogP contribution in [0.4, 0.5) is 22.4 Å².